The van der Waals surface area contributed by atoms with Crippen LogP contribution in [0.4, 0.5) is 0 Å². The Bertz CT molecular complexity index is 2540. The molecule has 0 spiro atoms. The van der Waals surface area contributed by atoms with Gasteiger partial charge < -0.3 is 34.7 Å². The minimum absolute atomic E-state index is 0. The number of benzene rings is 5. The predicted molar refractivity (Wildman–Crippen MR) is 252 cm³/mol. The highest BCUT2D eigenvalue weighted by Crippen LogP contribution is 2.35. The number of ether oxygens (including phenoxy) is 2. The van der Waals surface area contributed by atoms with Gasteiger partial charge in [0.1, 0.15) is 11.5 Å². The van der Waals surface area contributed by atoms with Crippen LogP contribution in [0.3, 0.4) is 0 Å². The van der Waals surface area contributed by atoms with Gasteiger partial charge in [-0.3, -0.25) is 14.5 Å². The Kier molecular flexibility index (Phi) is 15.2. The number of amides is 1. The quantitative estimate of drug-likeness (QED) is 0.0535. The standard InChI is InChI=1S/C52H55N3O8.H2S/c56-46(44-22-24-47(57)49-45(44)23-25-48(58)53-49)17-8-7-10-36-18-20-40(21-19-36)50(59)55-32-39(33-55)35-62-43-16-9-15-42(30-43)52(61,41-13-5-2-6-14-41)51(60)63-34-38-26-28-54(29-27-38)31-37-11-3-1-4-12-37;/h1-6,9,11-16,18-25,30,38-39,46,56-57,61H,7-8,10,17,26-29,31-35H2,(H,53,58);1H2/t46-,52-;/m0./s1. The maximum absolute atomic E-state index is 13.9. The molecule has 0 radical (unpaired) electrons. The lowest BCUT2D eigenvalue weighted by Crippen LogP contribution is -2.52. The van der Waals surface area contributed by atoms with Gasteiger partial charge >= 0.3 is 5.97 Å². The van der Waals surface area contributed by atoms with Crippen LogP contribution in [0.5, 0.6) is 11.5 Å². The summed E-state index contributed by atoms with van der Waals surface area (Å²) in [6.45, 7) is 4.47. The van der Waals surface area contributed by atoms with E-state index in [1.54, 1.807) is 65.6 Å². The average Bonchev–Trinajstić information content (AvgIpc) is 3.30. The van der Waals surface area contributed by atoms with Crippen LogP contribution in [0.15, 0.2) is 138 Å². The Morgan fingerprint density at radius 1 is 0.766 bits per heavy atom. The molecule has 4 N–H and O–H groups in total. The lowest BCUT2D eigenvalue weighted by molar-refractivity contribution is -0.164. The largest absolute Gasteiger partial charge is 0.506 e. The monoisotopic (exact) mass is 883 g/mol. The van der Waals surface area contributed by atoms with Crippen molar-refractivity contribution in [3.05, 3.63) is 177 Å². The Morgan fingerprint density at radius 3 is 2.20 bits per heavy atom. The van der Waals surface area contributed by atoms with E-state index in [-0.39, 0.29) is 49.2 Å². The van der Waals surface area contributed by atoms with Gasteiger partial charge in [-0.1, -0.05) is 97.4 Å². The summed E-state index contributed by atoms with van der Waals surface area (Å²) >= 11 is 0. The molecule has 1 amide bonds. The number of rotatable bonds is 17. The number of esters is 1. The first-order chi connectivity index (χ1) is 30.6. The smallest absolute Gasteiger partial charge is 0.347 e. The summed E-state index contributed by atoms with van der Waals surface area (Å²) in [5.74, 6) is 0.0811. The van der Waals surface area contributed by atoms with Crippen LogP contribution in [0.25, 0.3) is 10.9 Å². The highest BCUT2D eigenvalue weighted by atomic mass is 32.1. The molecule has 2 aliphatic heterocycles. The Labute approximate surface area is 380 Å². The van der Waals surface area contributed by atoms with Crippen LogP contribution in [0.2, 0.25) is 0 Å². The minimum atomic E-state index is -2.03. The highest BCUT2D eigenvalue weighted by molar-refractivity contribution is 7.59. The number of aromatic amines is 1. The van der Waals surface area contributed by atoms with Crippen molar-refractivity contribution in [2.24, 2.45) is 11.8 Å². The molecular weight excluding hydrogens is 827 g/mol. The zero-order valence-corrected chi connectivity index (χ0v) is 36.9. The Morgan fingerprint density at radius 2 is 1.47 bits per heavy atom. The Hall–Kier alpha value is -5.92. The van der Waals surface area contributed by atoms with E-state index >= 15 is 0 Å². The maximum Gasteiger partial charge on any atom is 0.347 e. The van der Waals surface area contributed by atoms with Crippen molar-refractivity contribution in [1.82, 2.24) is 14.8 Å². The first kappa shape index (κ1) is 46.1. The number of nitrogens with zero attached hydrogens (tertiary/aromatic N) is 2. The van der Waals surface area contributed by atoms with Gasteiger partial charge in [-0.25, -0.2) is 4.79 Å². The number of phenolic OH excluding ortho intramolecular Hbond substituents is 1. The molecule has 0 saturated carbocycles. The van der Waals surface area contributed by atoms with Crippen LogP contribution in [0, 0.1) is 11.8 Å². The third-order valence-corrected chi connectivity index (χ3v) is 12.5. The molecule has 0 unspecified atom stereocenters. The molecule has 2 fully saturated rings. The first-order valence-corrected chi connectivity index (χ1v) is 22.0. The Balaban J connectivity index is 0.00000612. The number of carbonyl (C=O) groups is 2. The molecule has 8 rings (SSSR count). The van der Waals surface area contributed by atoms with E-state index in [2.05, 4.69) is 34.1 Å². The molecule has 3 heterocycles. The van der Waals surface area contributed by atoms with Gasteiger partial charge in [-0.2, -0.15) is 13.5 Å². The van der Waals surface area contributed by atoms with Crippen molar-refractivity contribution in [1.29, 1.82) is 0 Å². The topological polar surface area (TPSA) is 153 Å². The van der Waals surface area contributed by atoms with Crippen molar-refractivity contribution < 1.29 is 34.4 Å². The van der Waals surface area contributed by atoms with Crippen LogP contribution >= 0.6 is 13.5 Å². The lowest BCUT2D eigenvalue weighted by Gasteiger charge is -2.39. The molecule has 334 valence electrons. The number of aliphatic hydroxyl groups excluding tert-OH is 1. The van der Waals surface area contributed by atoms with Crippen LogP contribution < -0.4 is 10.3 Å². The predicted octanol–water partition coefficient (Wildman–Crippen LogP) is 7.64. The number of likely N-dealkylation sites (tertiary alicyclic amines) is 2. The van der Waals surface area contributed by atoms with E-state index in [1.165, 1.54) is 17.7 Å². The molecule has 11 nitrogen and oxygen atoms in total. The van der Waals surface area contributed by atoms with Crippen LogP contribution in [-0.2, 0) is 28.1 Å². The van der Waals surface area contributed by atoms with Gasteiger partial charge in [-0.15, -0.1) is 0 Å². The van der Waals surface area contributed by atoms with Crippen molar-refractivity contribution in [2.45, 2.75) is 56.8 Å². The second kappa shape index (κ2) is 21.2. The summed E-state index contributed by atoms with van der Waals surface area (Å²) in [7, 11) is 0. The van der Waals surface area contributed by atoms with Crippen molar-refractivity contribution in [3.8, 4) is 11.5 Å². The van der Waals surface area contributed by atoms with Gasteiger partial charge in [0.2, 0.25) is 11.2 Å². The van der Waals surface area contributed by atoms with Gasteiger partial charge in [0, 0.05) is 48.1 Å². The van der Waals surface area contributed by atoms with Gasteiger partial charge in [0.25, 0.3) is 5.91 Å². The van der Waals surface area contributed by atoms with Crippen LogP contribution in [0.1, 0.15) is 76.4 Å². The normalized spacial score (nSPS) is 16.0. The number of carbonyl (C=O) groups excluding carboxylic acids is 2. The number of hydrogen-bond donors (Lipinski definition) is 4. The second-order valence-corrected chi connectivity index (χ2v) is 17.0. The van der Waals surface area contributed by atoms with E-state index in [4.69, 9.17) is 9.47 Å². The summed E-state index contributed by atoms with van der Waals surface area (Å²) in [6.07, 6.45) is 4.03. The van der Waals surface area contributed by atoms with E-state index in [0.717, 1.165) is 57.3 Å². The van der Waals surface area contributed by atoms with Crippen molar-refractivity contribution in [3.63, 3.8) is 0 Å². The SMILES string of the molecule is O=C(c1ccc(CCCC[C@H](O)c2ccc(O)c3[nH]c(=O)ccc23)cc1)N1CC(COc2cccc([C@](O)(C(=O)OCC3CCN(Cc4ccccc4)CC3)c3ccccc3)c2)C1.S. The van der Waals surface area contributed by atoms with Gasteiger partial charge in [-0.05, 0) is 110 Å². The number of pyridine rings is 1. The number of piperidine rings is 1. The highest BCUT2D eigenvalue weighted by Gasteiger charge is 2.42. The number of aromatic hydroxyl groups is 1. The number of unbranched alkanes of at least 4 members (excludes halogenated alkanes) is 1. The van der Waals surface area contributed by atoms with E-state index in [1.807, 2.05) is 36.4 Å². The van der Waals surface area contributed by atoms with Crippen LogP contribution in [-0.4, -0.2) is 81.4 Å². The number of aliphatic hydroxyl groups is 2. The summed E-state index contributed by atoms with van der Waals surface area (Å²) in [4.78, 5) is 45.8. The molecule has 64 heavy (non-hydrogen) atoms. The average molecular weight is 884 g/mol. The molecule has 2 aliphatic rings. The molecular formula is C52H57N3O8S. The molecule has 5 aromatic carbocycles. The van der Waals surface area contributed by atoms with E-state index < -0.39 is 17.7 Å². The third kappa shape index (κ3) is 10.9. The first-order valence-electron chi connectivity index (χ1n) is 22.0. The number of fused-ring (bicyclic) bond motifs is 1. The van der Waals surface area contributed by atoms with Crippen molar-refractivity contribution >= 4 is 36.3 Å². The molecule has 0 aliphatic carbocycles. The summed E-state index contributed by atoms with van der Waals surface area (Å²) in [6, 6.07) is 40.2. The fourth-order valence-electron chi connectivity index (χ4n) is 8.77. The second-order valence-electron chi connectivity index (χ2n) is 17.0. The van der Waals surface area contributed by atoms with Crippen molar-refractivity contribution in [2.75, 3.05) is 39.4 Å². The molecule has 6 aromatic rings. The summed E-state index contributed by atoms with van der Waals surface area (Å²) in [5, 5.41) is 33.9. The number of phenols is 1. The fourth-order valence-corrected chi connectivity index (χ4v) is 8.77. The van der Waals surface area contributed by atoms with Gasteiger partial charge in [0.05, 0.1) is 24.8 Å². The molecule has 2 saturated heterocycles. The van der Waals surface area contributed by atoms with E-state index in [9.17, 15) is 29.7 Å². The molecule has 12 heteroatoms. The minimum Gasteiger partial charge on any atom is -0.506 e. The number of H-pyrrole nitrogens is 1. The fraction of sp³-hybridized carbons (Fsp3) is 0.327. The third-order valence-electron chi connectivity index (χ3n) is 12.5. The van der Waals surface area contributed by atoms with E-state index in [0.29, 0.717) is 65.0 Å². The lowest BCUT2D eigenvalue weighted by atomic mass is 9.86. The number of aromatic nitrogens is 1. The zero-order chi connectivity index (χ0) is 43.8. The maximum atomic E-state index is 13.9. The molecule has 2 atom stereocenters. The molecule has 0 bridgehead atoms. The summed E-state index contributed by atoms with van der Waals surface area (Å²) in [5.41, 5.74) is 2.45. The number of aryl methyl sites for hydroxylation is 1. The van der Waals surface area contributed by atoms with Gasteiger partial charge in [0.15, 0.2) is 0 Å². The number of hydrogen-bond acceptors (Lipinski definition) is 9. The summed E-state index contributed by atoms with van der Waals surface area (Å²) < 4.78 is 12.1. The number of nitrogens with one attached hydrogen (secondary N) is 1. The zero-order valence-electron chi connectivity index (χ0n) is 35.9. The molecule has 1 aromatic heterocycles.